The molecule has 4 rings (SSSR count). The molecule has 0 bridgehead atoms. The lowest BCUT2D eigenvalue weighted by molar-refractivity contribution is -0.142. The average molecular weight is 442 g/mol. The molecule has 0 aliphatic heterocycles. The van der Waals surface area contributed by atoms with E-state index in [4.69, 9.17) is 18.7 Å². The van der Waals surface area contributed by atoms with E-state index in [-0.39, 0.29) is 10.8 Å². The van der Waals surface area contributed by atoms with Crippen molar-refractivity contribution in [3.63, 3.8) is 0 Å². The third-order valence-electron chi connectivity index (χ3n) is 8.42. The van der Waals surface area contributed by atoms with Gasteiger partial charge in [0.1, 0.15) is 0 Å². The second kappa shape index (κ2) is 7.60. The van der Waals surface area contributed by atoms with Gasteiger partial charge in [-0.25, -0.2) is 8.98 Å². The van der Waals surface area contributed by atoms with Crippen LogP contribution in [0.25, 0.3) is 0 Å². The minimum absolute atomic E-state index is 0.0308. The van der Waals surface area contributed by atoms with Gasteiger partial charge in [-0.3, -0.25) is 4.55 Å². The third kappa shape index (κ3) is 3.80. The van der Waals surface area contributed by atoms with Crippen molar-refractivity contribution in [2.24, 2.45) is 33.7 Å². The molecule has 6 atom stereocenters. The zero-order valence-corrected chi connectivity index (χ0v) is 18.4. The standard InChI is InChI=1S/C21H31NO7S/c1-20-9-7-14(29-30(25,26)27)11-13(20)3-4-15-16-5-6-18(22-28-12-19(23)24)21(16,2)10-8-17(15)20/h3,14-17H,4-12H2,1-2H3,(H,23,24)(H,25,26,27)/b22-18+/t14-,15-,16-,17-,20-,21-/m0/s1. The van der Waals surface area contributed by atoms with Gasteiger partial charge in [-0.1, -0.05) is 30.7 Å². The Morgan fingerprint density at radius 3 is 2.60 bits per heavy atom. The summed E-state index contributed by atoms with van der Waals surface area (Å²) in [4.78, 5) is 15.8. The van der Waals surface area contributed by atoms with Crippen molar-refractivity contribution in [3.8, 4) is 0 Å². The molecular formula is C21H31NO7S. The summed E-state index contributed by atoms with van der Waals surface area (Å²) in [6, 6.07) is 0. The summed E-state index contributed by atoms with van der Waals surface area (Å²) in [6.07, 6.45) is 8.73. The number of oxime groups is 1. The topological polar surface area (TPSA) is 122 Å². The largest absolute Gasteiger partial charge is 0.479 e. The van der Waals surface area contributed by atoms with Crippen molar-refractivity contribution in [3.05, 3.63) is 11.6 Å². The Hall–Kier alpha value is -1.45. The number of fused-ring (bicyclic) bond motifs is 5. The Kier molecular flexibility index (Phi) is 5.51. The molecule has 0 radical (unpaired) electrons. The summed E-state index contributed by atoms with van der Waals surface area (Å²) in [7, 11) is -4.43. The van der Waals surface area contributed by atoms with Crippen LogP contribution in [-0.2, 0) is 24.2 Å². The Morgan fingerprint density at radius 2 is 1.90 bits per heavy atom. The molecule has 0 unspecified atom stereocenters. The normalized spacial score (nSPS) is 42.1. The number of carboxylic acids is 1. The predicted octanol–water partition coefficient (Wildman–Crippen LogP) is 3.59. The summed E-state index contributed by atoms with van der Waals surface area (Å²) in [5, 5.41) is 13.0. The fourth-order valence-electron chi connectivity index (χ4n) is 6.99. The number of rotatable bonds is 5. The van der Waals surface area contributed by atoms with Gasteiger partial charge in [-0.2, -0.15) is 8.42 Å². The van der Waals surface area contributed by atoms with Gasteiger partial charge >= 0.3 is 16.4 Å². The SMILES string of the molecule is C[C@]12CC[C@H](OS(=O)(=O)O)CC1=CC[C@@H]1[C@@H]2CC[C@]2(C)/C(=N/OCC(=O)O)CC[C@@H]12. The molecule has 4 aliphatic carbocycles. The van der Waals surface area contributed by atoms with Crippen LogP contribution < -0.4 is 0 Å². The number of nitrogens with zero attached hydrogens (tertiary/aromatic N) is 1. The van der Waals surface area contributed by atoms with Crippen molar-refractivity contribution in [1.29, 1.82) is 0 Å². The molecule has 0 amide bonds. The maximum atomic E-state index is 11.1. The molecule has 3 saturated carbocycles. The van der Waals surface area contributed by atoms with E-state index in [0.717, 1.165) is 44.2 Å². The Bertz CT molecular complexity index is 882. The average Bonchev–Trinajstić information content (AvgIpc) is 2.97. The zero-order chi connectivity index (χ0) is 21.7. The van der Waals surface area contributed by atoms with Gasteiger partial charge in [-0.15, -0.1) is 0 Å². The minimum Gasteiger partial charge on any atom is -0.479 e. The van der Waals surface area contributed by atoms with Gasteiger partial charge in [0.2, 0.25) is 6.61 Å². The molecule has 30 heavy (non-hydrogen) atoms. The van der Waals surface area contributed by atoms with Crippen molar-refractivity contribution < 1.29 is 31.9 Å². The first-order chi connectivity index (χ1) is 14.0. The van der Waals surface area contributed by atoms with E-state index in [1.54, 1.807) is 0 Å². The summed E-state index contributed by atoms with van der Waals surface area (Å²) >= 11 is 0. The number of hydrogen-bond acceptors (Lipinski definition) is 6. The second-order valence-electron chi connectivity index (χ2n) is 9.85. The smallest absolute Gasteiger partial charge is 0.397 e. The van der Waals surface area contributed by atoms with E-state index in [1.165, 1.54) is 5.57 Å². The van der Waals surface area contributed by atoms with E-state index in [2.05, 4.69) is 25.1 Å². The van der Waals surface area contributed by atoms with Crippen LogP contribution in [0.1, 0.15) is 65.2 Å². The Morgan fingerprint density at radius 1 is 1.20 bits per heavy atom. The van der Waals surface area contributed by atoms with Crippen LogP contribution in [0.2, 0.25) is 0 Å². The molecule has 0 aromatic heterocycles. The highest BCUT2D eigenvalue weighted by atomic mass is 32.3. The molecule has 3 fully saturated rings. The van der Waals surface area contributed by atoms with Gasteiger partial charge in [0.25, 0.3) is 0 Å². The molecule has 4 aliphatic rings. The highest BCUT2D eigenvalue weighted by molar-refractivity contribution is 7.80. The Labute approximate surface area is 177 Å². The molecule has 0 aromatic rings. The lowest BCUT2D eigenvalue weighted by Crippen LogP contribution is -2.50. The summed E-state index contributed by atoms with van der Waals surface area (Å²) in [6.45, 7) is 4.15. The maximum Gasteiger partial charge on any atom is 0.397 e. The monoisotopic (exact) mass is 441 g/mol. The van der Waals surface area contributed by atoms with Gasteiger partial charge in [0, 0.05) is 5.41 Å². The summed E-state index contributed by atoms with van der Waals surface area (Å²) in [5.74, 6) is 0.532. The van der Waals surface area contributed by atoms with Gasteiger partial charge in [0.15, 0.2) is 0 Å². The highest BCUT2D eigenvalue weighted by Crippen LogP contribution is 2.64. The van der Waals surface area contributed by atoms with Crippen LogP contribution >= 0.6 is 0 Å². The maximum absolute atomic E-state index is 11.1. The number of allylic oxidation sites excluding steroid dienone is 1. The first-order valence-electron chi connectivity index (χ1n) is 10.8. The molecule has 0 aromatic carbocycles. The van der Waals surface area contributed by atoms with E-state index in [0.29, 0.717) is 30.6 Å². The van der Waals surface area contributed by atoms with E-state index < -0.39 is 29.1 Å². The molecule has 168 valence electrons. The molecule has 8 nitrogen and oxygen atoms in total. The van der Waals surface area contributed by atoms with Crippen LogP contribution in [0.4, 0.5) is 0 Å². The van der Waals surface area contributed by atoms with E-state index in [9.17, 15) is 13.2 Å². The Balaban J connectivity index is 1.53. The number of carboxylic acid groups (broad SMARTS) is 1. The minimum atomic E-state index is -4.43. The lowest BCUT2D eigenvalue weighted by atomic mass is 9.48. The molecule has 0 spiro atoms. The zero-order valence-electron chi connectivity index (χ0n) is 17.5. The van der Waals surface area contributed by atoms with Crippen LogP contribution in [-0.4, -0.2) is 42.5 Å². The van der Waals surface area contributed by atoms with Gasteiger partial charge in [-0.05, 0) is 74.5 Å². The summed E-state index contributed by atoms with van der Waals surface area (Å²) < 4.78 is 36.2. The number of aliphatic carboxylic acids is 1. The van der Waals surface area contributed by atoms with E-state index in [1.807, 2.05) is 0 Å². The second-order valence-corrected chi connectivity index (χ2v) is 10.9. The molecule has 9 heteroatoms. The fraction of sp³-hybridized carbons (Fsp3) is 0.810. The number of carbonyl (C=O) groups is 1. The molecule has 0 heterocycles. The predicted molar refractivity (Wildman–Crippen MR) is 109 cm³/mol. The lowest BCUT2D eigenvalue weighted by Gasteiger charge is -2.57. The highest BCUT2D eigenvalue weighted by Gasteiger charge is 2.58. The molecule has 2 N–H and O–H groups in total. The number of hydrogen-bond donors (Lipinski definition) is 2. The van der Waals surface area contributed by atoms with Crippen molar-refractivity contribution in [2.45, 2.75) is 71.3 Å². The van der Waals surface area contributed by atoms with Crippen LogP contribution in [0, 0.1) is 28.6 Å². The first-order valence-corrected chi connectivity index (χ1v) is 12.2. The van der Waals surface area contributed by atoms with Crippen LogP contribution in [0.15, 0.2) is 16.8 Å². The third-order valence-corrected chi connectivity index (χ3v) is 8.94. The van der Waals surface area contributed by atoms with Crippen LogP contribution in [0.3, 0.4) is 0 Å². The van der Waals surface area contributed by atoms with Crippen molar-refractivity contribution >= 4 is 22.1 Å². The van der Waals surface area contributed by atoms with Gasteiger partial charge in [0.05, 0.1) is 11.8 Å². The van der Waals surface area contributed by atoms with E-state index >= 15 is 0 Å². The molecule has 0 saturated heterocycles. The van der Waals surface area contributed by atoms with Crippen molar-refractivity contribution in [1.82, 2.24) is 0 Å². The first kappa shape index (κ1) is 21.8. The fourth-order valence-corrected chi connectivity index (χ4v) is 7.49. The quantitative estimate of drug-likeness (QED) is 0.380. The summed E-state index contributed by atoms with van der Waals surface area (Å²) in [5.41, 5.74) is 2.25. The van der Waals surface area contributed by atoms with Crippen LogP contribution in [0.5, 0.6) is 0 Å². The van der Waals surface area contributed by atoms with Gasteiger partial charge < -0.3 is 9.94 Å². The van der Waals surface area contributed by atoms with Crippen molar-refractivity contribution in [2.75, 3.05) is 6.61 Å². The molecular weight excluding hydrogens is 410 g/mol.